The Morgan fingerprint density at radius 1 is 0.947 bits per heavy atom. The van der Waals surface area contributed by atoms with E-state index < -0.39 is 27.5 Å². The van der Waals surface area contributed by atoms with Gasteiger partial charge in [0.05, 0.1) is 22.5 Å². The van der Waals surface area contributed by atoms with E-state index in [1.54, 1.807) is 24.3 Å². The lowest BCUT2D eigenvalue weighted by molar-refractivity contribution is -0.157. The quantitative estimate of drug-likeness (QED) is 0.448. The minimum Gasteiger partial charge on any atom is -0.486 e. The maximum absolute atomic E-state index is 14.0. The molecule has 1 fully saturated rings. The molecule has 0 spiro atoms. The van der Waals surface area contributed by atoms with Crippen molar-refractivity contribution in [3.8, 4) is 16.9 Å². The summed E-state index contributed by atoms with van der Waals surface area (Å²) in [7, 11) is -3.95. The average Bonchev–Trinajstić information content (AvgIpc) is 2.88. The number of hydrogen-bond acceptors (Lipinski definition) is 5. The van der Waals surface area contributed by atoms with Crippen LogP contribution in [0.4, 0.5) is 5.69 Å². The smallest absolute Gasteiger partial charge is 0.309 e. The van der Waals surface area contributed by atoms with E-state index in [-0.39, 0.29) is 17.9 Å². The van der Waals surface area contributed by atoms with Crippen LogP contribution < -0.4 is 9.04 Å². The third kappa shape index (κ3) is 5.02. The van der Waals surface area contributed by atoms with Gasteiger partial charge in [-0.15, -0.1) is 0 Å². The van der Waals surface area contributed by atoms with Crippen LogP contribution in [0.1, 0.15) is 36.0 Å². The van der Waals surface area contributed by atoms with Crippen LogP contribution in [0.3, 0.4) is 0 Å². The van der Waals surface area contributed by atoms with Gasteiger partial charge in [-0.1, -0.05) is 47.5 Å². The van der Waals surface area contributed by atoms with Gasteiger partial charge in [-0.2, -0.15) is 0 Å². The molecule has 5 rings (SSSR count). The zero-order chi connectivity index (χ0) is 27.1. The van der Waals surface area contributed by atoms with Crippen molar-refractivity contribution in [1.29, 1.82) is 0 Å². The van der Waals surface area contributed by atoms with Gasteiger partial charge in [-0.05, 0) is 74.6 Å². The molecule has 1 N–H and O–H groups in total. The molecule has 0 aliphatic carbocycles. The van der Waals surface area contributed by atoms with Gasteiger partial charge in [0.25, 0.3) is 10.0 Å². The fourth-order valence-electron chi connectivity index (χ4n) is 5.57. The van der Waals surface area contributed by atoms with E-state index in [9.17, 15) is 18.3 Å². The predicted molar refractivity (Wildman–Crippen MR) is 146 cm³/mol. The molecule has 0 amide bonds. The highest BCUT2D eigenvalue weighted by atomic mass is 32.2. The van der Waals surface area contributed by atoms with Crippen molar-refractivity contribution in [3.05, 3.63) is 77.4 Å². The number of benzene rings is 3. The van der Waals surface area contributed by atoms with Crippen molar-refractivity contribution in [3.63, 3.8) is 0 Å². The van der Waals surface area contributed by atoms with Crippen molar-refractivity contribution in [2.75, 3.05) is 24.1 Å². The molecule has 7 nitrogen and oxygen atoms in total. The topological polar surface area (TPSA) is 93.1 Å². The van der Waals surface area contributed by atoms with E-state index in [0.717, 1.165) is 27.8 Å². The number of anilines is 1. The number of carboxylic acids is 1. The summed E-state index contributed by atoms with van der Waals surface area (Å²) in [6.07, 6.45) is 0.309. The third-order valence-electron chi connectivity index (χ3n) is 7.55. The number of ether oxygens (including phenoxy) is 2. The monoisotopic (exact) mass is 535 g/mol. The molecule has 2 aliphatic heterocycles. The molecule has 0 unspecified atom stereocenters. The van der Waals surface area contributed by atoms with Gasteiger partial charge in [-0.25, -0.2) is 8.42 Å². The molecule has 200 valence electrons. The number of aryl methyl sites for hydroxylation is 3. The Labute approximate surface area is 224 Å². The molecule has 0 aromatic heterocycles. The summed E-state index contributed by atoms with van der Waals surface area (Å²) in [5, 5.41) is 10.1. The number of carbonyl (C=O) groups is 1. The fraction of sp³-hybridized carbons (Fsp3) is 0.367. The maximum atomic E-state index is 14.0. The van der Waals surface area contributed by atoms with Crippen molar-refractivity contribution >= 4 is 21.7 Å². The molecule has 3 aromatic carbocycles. The molecule has 0 bridgehead atoms. The van der Waals surface area contributed by atoms with E-state index in [2.05, 4.69) is 18.2 Å². The number of aliphatic carboxylic acids is 1. The van der Waals surface area contributed by atoms with Crippen LogP contribution >= 0.6 is 0 Å². The van der Waals surface area contributed by atoms with E-state index in [0.29, 0.717) is 37.5 Å². The highest BCUT2D eigenvalue weighted by Crippen LogP contribution is 2.44. The molecule has 2 aliphatic rings. The van der Waals surface area contributed by atoms with Gasteiger partial charge >= 0.3 is 5.97 Å². The third-order valence-corrected chi connectivity index (χ3v) is 9.32. The molecule has 1 saturated heterocycles. The highest BCUT2D eigenvalue weighted by Gasteiger charge is 2.45. The minimum atomic E-state index is -3.95. The van der Waals surface area contributed by atoms with Gasteiger partial charge in [0.2, 0.25) is 0 Å². The van der Waals surface area contributed by atoms with Gasteiger partial charge in [0.1, 0.15) is 11.9 Å². The molecular weight excluding hydrogens is 502 g/mol. The second-order valence-electron chi connectivity index (χ2n) is 10.6. The van der Waals surface area contributed by atoms with Crippen molar-refractivity contribution < 1.29 is 27.8 Å². The molecule has 0 radical (unpaired) electrons. The summed E-state index contributed by atoms with van der Waals surface area (Å²) in [4.78, 5) is 12.5. The number of rotatable bonds is 6. The lowest BCUT2D eigenvalue weighted by Crippen LogP contribution is -2.48. The van der Waals surface area contributed by atoms with Gasteiger partial charge in [-0.3, -0.25) is 9.10 Å². The molecular formula is C30H33NO6S. The van der Waals surface area contributed by atoms with Crippen LogP contribution in [0.15, 0.2) is 65.6 Å². The van der Waals surface area contributed by atoms with Crippen LogP contribution in [0.25, 0.3) is 11.1 Å². The second kappa shape index (κ2) is 10.1. The van der Waals surface area contributed by atoms with E-state index in [4.69, 9.17) is 9.47 Å². The first kappa shape index (κ1) is 26.3. The SMILES string of the molecule is Cc1cc(C)cc(-c2ccc3c(c2)N(S(=O)(=O)c2cccc(C)c2)C[C@H](CC2(C(=O)O)CCOCC2)O3)c1. The molecule has 2 heterocycles. The first-order chi connectivity index (χ1) is 18.1. The van der Waals surface area contributed by atoms with E-state index in [1.165, 1.54) is 4.31 Å². The van der Waals surface area contributed by atoms with E-state index in [1.807, 2.05) is 39.0 Å². The zero-order valence-corrected chi connectivity index (χ0v) is 22.8. The predicted octanol–water partition coefficient (Wildman–Crippen LogP) is 5.51. The van der Waals surface area contributed by atoms with Crippen molar-refractivity contribution in [1.82, 2.24) is 0 Å². The molecule has 1 atom stereocenters. The molecule has 38 heavy (non-hydrogen) atoms. The van der Waals surface area contributed by atoms with Crippen LogP contribution in [-0.4, -0.2) is 45.4 Å². The summed E-state index contributed by atoms with van der Waals surface area (Å²) >= 11 is 0. The number of sulfonamides is 1. The van der Waals surface area contributed by atoms with Crippen molar-refractivity contribution in [2.45, 2.75) is 51.0 Å². The first-order valence-corrected chi connectivity index (χ1v) is 14.3. The lowest BCUT2D eigenvalue weighted by atomic mass is 9.75. The Bertz CT molecular complexity index is 1460. The molecule has 0 saturated carbocycles. The van der Waals surface area contributed by atoms with Crippen molar-refractivity contribution in [2.24, 2.45) is 5.41 Å². The number of hydrogen-bond donors (Lipinski definition) is 1. The van der Waals surface area contributed by atoms with Crippen LogP contribution in [0, 0.1) is 26.2 Å². The Morgan fingerprint density at radius 3 is 2.32 bits per heavy atom. The standard InChI is InChI=1S/C30H33NO6S/c1-20-5-4-6-26(16-20)38(34,35)31-19-25(18-30(29(32)33)9-11-36-12-10-30)37-28-8-7-23(17-27(28)31)24-14-21(2)13-22(3)15-24/h4-8,13-17,25H,9-12,18-19H2,1-3H3,(H,32,33)/t25-/m0/s1. The summed E-state index contributed by atoms with van der Waals surface area (Å²) < 4.78 is 41.2. The normalized spacial score (nSPS) is 18.9. The minimum absolute atomic E-state index is 0.0233. The number of nitrogens with zero attached hydrogens (tertiary/aromatic N) is 1. The highest BCUT2D eigenvalue weighted by molar-refractivity contribution is 7.92. The number of carboxylic acid groups (broad SMARTS) is 1. The van der Waals surface area contributed by atoms with Gasteiger partial charge < -0.3 is 14.6 Å². The van der Waals surface area contributed by atoms with Gasteiger partial charge in [0.15, 0.2) is 0 Å². The Balaban J connectivity index is 1.59. The summed E-state index contributed by atoms with van der Waals surface area (Å²) in [5.74, 6) is -0.466. The summed E-state index contributed by atoms with van der Waals surface area (Å²) in [6, 6.07) is 18.7. The zero-order valence-electron chi connectivity index (χ0n) is 21.9. The number of fused-ring (bicyclic) bond motifs is 1. The molecule has 3 aromatic rings. The second-order valence-corrected chi connectivity index (χ2v) is 12.4. The van der Waals surface area contributed by atoms with Gasteiger partial charge in [0, 0.05) is 19.6 Å². The van der Waals surface area contributed by atoms with Crippen LogP contribution in [0.2, 0.25) is 0 Å². The largest absolute Gasteiger partial charge is 0.486 e. The van der Waals surface area contributed by atoms with Crippen LogP contribution in [-0.2, 0) is 19.6 Å². The first-order valence-electron chi connectivity index (χ1n) is 12.9. The summed E-state index contributed by atoms with van der Waals surface area (Å²) in [5.41, 5.74) is 4.39. The van der Waals surface area contributed by atoms with Crippen LogP contribution in [0.5, 0.6) is 5.75 Å². The summed E-state index contributed by atoms with van der Waals surface area (Å²) in [6.45, 7) is 6.67. The fourth-order valence-corrected chi connectivity index (χ4v) is 7.18. The Morgan fingerprint density at radius 2 is 1.66 bits per heavy atom. The maximum Gasteiger partial charge on any atom is 0.309 e. The lowest BCUT2D eigenvalue weighted by Gasteiger charge is -2.40. The van der Waals surface area contributed by atoms with E-state index >= 15 is 0 Å². The molecule has 8 heteroatoms. The average molecular weight is 536 g/mol. The Kier molecular flexibility index (Phi) is 6.96. The Hall–Kier alpha value is -3.36.